The van der Waals surface area contributed by atoms with Crippen LogP contribution in [-0.4, -0.2) is 5.91 Å². The molecule has 0 unspecified atom stereocenters. The molecule has 0 radical (unpaired) electrons. The van der Waals surface area contributed by atoms with Gasteiger partial charge in [0.25, 0.3) is 0 Å². The summed E-state index contributed by atoms with van der Waals surface area (Å²) in [6.45, 7) is 3.82. The van der Waals surface area contributed by atoms with E-state index in [2.05, 4.69) is 11.9 Å². The van der Waals surface area contributed by atoms with Crippen LogP contribution in [0.2, 0.25) is 0 Å². The minimum Gasteiger partial charge on any atom is -0.326 e. The maximum absolute atomic E-state index is 12.0. The van der Waals surface area contributed by atoms with Gasteiger partial charge in [0.1, 0.15) is 0 Å². The number of rotatable bonds is 5. The van der Waals surface area contributed by atoms with Gasteiger partial charge < -0.3 is 5.32 Å². The van der Waals surface area contributed by atoms with Crippen molar-refractivity contribution in [1.82, 2.24) is 0 Å². The molecule has 0 saturated carbocycles. The van der Waals surface area contributed by atoms with Gasteiger partial charge in [-0.1, -0.05) is 54.6 Å². The first kappa shape index (κ1) is 13.1. The lowest BCUT2D eigenvalue weighted by atomic mass is 9.95. The average molecular weight is 251 g/mol. The second kappa shape index (κ2) is 6.55. The summed E-state index contributed by atoms with van der Waals surface area (Å²) in [5.41, 5.74) is 1.93. The molecule has 2 nitrogen and oxygen atoms in total. The maximum Gasteiger partial charge on any atom is 0.225 e. The molecule has 2 aromatic carbocycles. The largest absolute Gasteiger partial charge is 0.326 e. The fourth-order valence-electron chi connectivity index (χ4n) is 1.97. The van der Waals surface area contributed by atoms with E-state index in [9.17, 15) is 4.79 Å². The lowest BCUT2D eigenvalue weighted by molar-refractivity contribution is -0.116. The highest BCUT2D eigenvalue weighted by Crippen LogP contribution is 2.21. The van der Waals surface area contributed by atoms with E-state index in [4.69, 9.17) is 0 Å². The first-order valence-corrected chi connectivity index (χ1v) is 6.32. The first-order chi connectivity index (χ1) is 9.29. The van der Waals surface area contributed by atoms with E-state index in [0.29, 0.717) is 6.42 Å². The molecule has 19 heavy (non-hydrogen) atoms. The van der Waals surface area contributed by atoms with E-state index in [1.165, 1.54) is 0 Å². The number of anilines is 1. The lowest BCUT2D eigenvalue weighted by Crippen LogP contribution is -2.14. The van der Waals surface area contributed by atoms with Crippen LogP contribution in [0.25, 0.3) is 0 Å². The highest BCUT2D eigenvalue weighted by molar-refractivity contribution is 5.91. The molecule has 1 amide bonds. The van der Waals surface area contributed by atoms with Crippen LogP contribution in [0.15, 0.2) is 73.3 Å². The summed E-state index contributed by atoms with van der Waals surface area (Å²) in [5.74, 6) is 0.0462. The van der Waals surface area contributed by atoms with Crippen LogP contribution < -0.4 is 5.32 Å². The van der Waals surface area contributed by atoms with Gasteiger partial charge in [0, 0.05) is 18.0 Å². The van der Waals surface area contributed by atoms with Gasteiger partial charge in [0.2, 0.25) is 5.91 Å². The molecule has 0 aromatic heterocycles. The van der Waals surface area contributed by atoms with E-state index < -0.39 is 0 Å². The molecule has 0 aliphatic heterocycles. The molecule has 1 N–H and O–H groups in total. The average Bonchev–Trinajstić information content (AvgIpc) is 2.47. The zero-order valence-electron chi connectivity index (χ0n) is 10.8. The summed E-state index contributed by atoms with van der Waals surface area (Å²) in [6.07, 6.45) is 2.22. The highest BCUT2D eigenvalue weighted by Gasteiger charge is 2.12. The molecule has 0 aliphatic rings. The Morgan fingerprint density at radius 1 is 1.05 bits per heavy atom. The van der Waals surface area contributed by atoms with Crippen molar-refractivity contribution in [3.63, 3.8) is 0 Å². The van der Waals surface area contributed by atoms with Gasteiger partial charge in [-0.3, -0.25) is 4.79 Å². The van der Waals surface area contributed by atoms with Crippen LogP contribution in [0.3, 0.4) is 0 Å². The Balaban J connectivity index is 1.99. The van der Waals surface area contributed by atoms with Crippen molar-refractivity contribution in [2.75, 3.05) is 5.32 Å². The summed E-state index contributed by atoms with van der Waals surface area (Å²) >= 11 is 0. The van der Waals surface area contributed by atoms with Crippen LogP contribution in [0, 0.1) is 0 Å². The summed E-state index contributed by atoms with van der Waals surface area (Å²) in [6, 6.07) is 19.4. The Morgan fingerprint density at radius 2 is 1.63 bits per heavy atom. The minimum absolute atomic E-state index is 0.0000435. The van der Waals surface area contributed by atoms with Crippen LogP contribution in [-0.2, 0) is 4.79 Å². The molecule has 2 heteroatoms. The summed E-state index contributed by atoms with van der Waals surface area (Å²) in [7, 11) is 0. The van der Waals surface area contributed by atoms with Crippen molar-refractivity contribution in [3.8, 4) is 0 Å². The molecule has 0 aliphatic carbocycles. The predicted molar refractivity (Wildman–Crippen MR) is 79.1 cm³/mol. The topological polar surface area (TPSA) is 29.1 Å². The van der Waals surface area contributed by atoms with Crippen LogP contribution in [0.5, 0.6) is 0 Å². The normalized spacial score (nSPS) is 11.6. The van der Waals surface area contributed by atoms with Gasteiger partial charge in [-0.25, -0.2) is 0 Å². The lowest BCUT2D eigenvalue weighted by Gasteiger charge is -2.12. The number of para-hydroxylation sites is 1. The number of carbonyl (C=O) groups is 1. The van der Waals surface area contributed by atoms with Crippen molar-refractivity contribution in [1.29, 1.82) is 0 Å². The van der Waals surface area contributed by atoms with Gasteiger partial charge in [-0.2, -0.15) is 0 Å². The zero-order valence-corrected chi connectivity index (χ0v) is 10.8. The number of allylic oxidation sites excluding steroid dienone is 1. The van der Waals surface area contributed by atoms with E-state index in [-0.39, 0.29) is 11.8 Å². The predicted octanol–water partition coefficient (Wildman–Crippen LogP) is 3.99. The van der Waals surface area contributed by atoms with E-state index >= 15 is 0 Å². The van der Waals surface area contributed by atoms with Gasteiger partial charge in [0.05, 0.1) is 0 Å². The molecule has 1 atom stereocenters. The number of hydrogen-bond donors (Lipinski definition) is 1. The van der Waals surface area contributed by atoms with Crippen LogP contribution in [0.1, 0.15) is 17.9 Å². The van der Waals surface area contributed by atoms with E-state index in [1.807, 2.05) is 66.7 Å². The number of benzene rings is 2. The summed E-state index contributed by atoms with van der Waals surface area (Å²) in [5, 5.41) is 2.89. The van der Waals surface area contributed by atoms with Gasteiger partial charge in [0.15, 0.2) is 0 Å². The Kier molecular flexibility index (Phi) is 4.51. The molecule has 0 bridgehead atoms. The molecular weight excluding hydrogens is 234 g/mol. The van der Waals surface area contributed by atoms with Crippen molar-refractivity contribution in [2.24, 2.45) is 0 Å². The van der Waals surface area contributed by atoms with E-state index in [1.54, 1.807) is 0 Å². The Bertz CT molecular complexity index is 534. The van der Waals surface area contributed by atoms with Crippen LogP contribution >= 0.6 is 0 Å². The van der Waals surface area contributed by atoms with Crippen molar-refractivity contribution in [3.05, 3.63) is 78.9 Å². The van der Waals surface area contributed by atoms with Gasteiger partial charge in [-0.05, 0) is 17.7 Å². The number of hydrogen-bond acceptors (Lipinski definition) is 1. The summed E-state index contributed by atoms with van der Waals surface area (Å²) < 4.78 is 0. The molecule has 0 spiro atoms. The Hall–Kier alpha value is -2.35. The Morgan fingerprint density at radius 3 is 2.21 bits per heavy atom. The van der Waals surface area contributed by atoms with E-state index in [0.717, 1.165) is 11.3 Å². The standard InChI is InChI=1S/C17H17NO/c1-2-14(15-9-5-3-6-10-15)13-17(19)18-16-11-7-4-8-12-16/h2-12,14H,1,13H2,(H,18,19)/t14-/m0/s1. The molecular formula is C17H17NO. The number of carbonyl (C=O) groups excluding carboxylic acids is 1. The molecule has 0 saturated heterocycles. The fraction of sp³-hybridized carbons (Fsp3) is 0.118. The molecule has 2 aromatic rings. The Labute approximate surface area is 113 Å². The maximum atomic E-state index is 12.0. The number of amides is 1. The molecule has 96 valence electrons. The smallest absolute Gasteiger partial charge is 0.225 e. The number of nitrogens with one attached hydrogen (secondary N) is 1. The molecule has 2 rings (SSSR count). The third-order valence-electron chi connectivity index (χ3n) is 2.98. The van der Waals surface area contributed by atoms with Crippen molar-refractivity contribution < 1.29 is 4.79 Å². The third-order valence-corrected chi connectivity index (χ3v) is 2.98. The van der Waals surface area contributed by atoms with Crippen molar-refractivity contribution in [2.45, 2.75) is 12.3 Å². The third kappa shape index (κ3) is 3.81. The second-order valence-electron chi connectivity index (χ2n) is 4.37. The van der Waals surface area contributed by atoms with Gasteiger partial charge in [-0.15, -0.1) is 6.58 Å². The SMILES string of the molecule is C=C[C@@H](CC(=O)Nc1ccccc1)c1ccccc1. The monoisotopic (exact) mass is 251 g/mol. The van der Waals surface area contributed by atoms with Crippen molar-refractivity contribution >= 4 is 11.6 Å². The first-order valence-electron chi connectivity index (χ1n) is 6.32. The van der Waals surface area contributed by atoms with Crippen LogP contribution in [0.4, 0.5) is 5.69 Å². The van der Waals surface area contributed by atoms with Gasteiger partial charge >= 0.3 is 0 Å². The zero-order chi connectivity index (χ0) is 13.5. The molecule has 0 fully saturated rings. The highest BCUT2D eigenvalue weighted by atomic mass is 16.1. The minimum atomic E-state index is -0.0000435. The summed E-state index contributed by atoms with van der Waals surface area (Å²) in [4.78, 5) is 12.0. The quantitative estimate of drug-likeness (QED) is 0.800. The second-order valence-corrected chi connectivity index (χ2v) is 4.37. The fourth-order valence-corrected chi connectivity index (χ4v) is 1.97. The molecule has 0 heterocycles.